The van der Waals surface area contributed by atoms with Gasteiger partial charge in [0.25, 0.3) is 0 Å². The molecule has 6 N–H and O–H groups in total. The van der Waals surface area contributed by atoms with Gasteiger partial charge in [-0.2, -0.15) is 0 Å². The predicted molar refractivity (Wildman–Crippen MR) is 99.6 cm³/mol. The summed E-state index contributed by atoms with van der Waals surface area (Å²) in [5.74, 6) is 0. The van der Waals surface area contributed by atoms with Gasteiger partial charge >= 0.3 is 0 Å². The van der Waals surface area contributed by atoms with E-state index in [0.29, 0.717) is 46.2 Å². The van der Waals surface area contributed by atoms with Gasteiger partial charge in [-0.3, -0.25) is 0 Å². The Kier molecular flexibility index (Phi) is 38.5. The maximum Gasteiger partial charge on any atom is 0.100 e. The van der Waals surface area contributed by atoms with Gasteiger partial charge in [0, 0.05) is 6.61 Å². The predicted octanol–water partition coefficient (Wildman–Crippen LogP) is -1.85. The van der Waals surface area contributed by atoms with Crippen molar-refractivity contribution in [1.82, 2.24) is 0 Å². The quantitative estimate of drug-likeness (QED) is 0.152. The van der Waals surface area contributed by atoms with Crippen molar-refractivity contribution in [3.05, 3.63) is 0 Å². The summed E-state index contributed by atoms with van der Waals surface area (Å²) < 4.78 is 20.2. The highest BCUT2D eigenvalue weighted by Crippen LogP contribution is 1.87. The van der Waals surface area contributed by atoms with E-state index < -0.39 is 6.10 Å². The molecule has 0 aliphatic heterocycles. The van der Waals surface area contributed by atoms with Crippen LogP contribution in [0.4, 0.5) is 0 Å². The molecule has 0 unspecified atom stereocenters. The van der Waals surface area contributed by atoms with Crippen LogP contribution in [-0.4, -0.2) is 123 Å². The lowest BCUT2D eigenvalue weighted by atomic mass is 10.4. The Labute approximate surface area is 162 Å². The summed E-state index contributed by atoms with van der Waals surface area (Å²) >= 11 is 0. The second-order valence-electron chi connectivity index (χ2n) is 4.99. The van der Waals surface area contributed by atoms with E-state index in [-0.39, 0.29) is 33.0 Å². The molecule has 0 bridgehead atoms. The van der Waals surface area contributed by atoms with Crippen molar-refractivity contribution in [2.45, 2.75) is 25.9 Å². The molecule has 0 radical (unpaired) electrons. The van der Waals surface area contributed by atoms with Gasteiger partial charge in [-0.05, 0) is 6.42 Å². The molecule has 0 rings (SSSR count). The molecule has 0 aromatic rings. The van der Waals surface area contributed by atoms with Gasteiger partial charge in [0.05, 0.1) is 79.3 Å². The third-order valence-corrected chi connectivity index (χ3v) is 2.51. The monoisotopic (exact) mass is 404 g/mol. The van der Waals surface area contributed by atoms with Crippen LogP contribution in [0.25, 0.3) is 0 Å². The van der Waals surface area contributed by atoms with E-state index in [1.165, 1.54) is 0 Å². The third-order valence-electron chi connectivity index (χ3n) is 2.51. The number of aliphatic hydroxyl groups is 6. The average molecular weight is 404 g/mol. The zero-order valence-electron chi connectivity index (χ0n) is 16.5. The van der Waals surface area contributed by atoms with Gasteiger partial charge in [0.2, 0.25) is 0 Å². The van der Waals surface area contributed by atoms with E-state index in [4.69, 9.17) is 44.8 Å². The Morgan fingerprint density at radius 2 is 0.889 bits per heavy atom. The molecule has 0 saturated carbocycles. The van der Waals surface area contributed by atoms with Crippen LogP contribution >= 0.6 is 0 Å². The Bertz CT molecular complexity index is 202. The van der Waals surface area contributed by atoms with E-state index in [9.17, 15) is 0 Å². The maximum atomic E-state index is 8.40. The molecule has 0 amide bonds. The van der Waals surface area contributed by atoms with Crippen molar-refractivity contribution in [1.29, 1.82) is 0 Å². The standard InChI is InChI=1S/C10H22O4.C4H10O3.C3H8O3/c1-2-3-5-12-7-9-14-10-8-13-6-4-11;5-1-3-7-4-2-6;4-1-3(6)2-5/h11H,2-10H2,1H3;5-6H,1-4H2;3-6H,1-2H2. The summed E-state index contributed by atoms with van der Waals surface area (Å²) in [5.41, 5.74) is 0. The lowest BCUT2D eigenvalue weighted by Crippen LogP contribution is -2.15. The second kappa shape index (κ2) is 33.2. The minimum absolute atomic E-state index is 0.0278. The van der Waals surface area contributed by atoms with Gasteiger partial charge in [0.15, 0.2) is 0 Å². The zero-order valence-corrected chi connectivity index (χ0v) is 16.5. The molecule has 0 spiro atoms. The summed E-state index contributed by atoms with van der Waals surface area (Å²) in [6.07, 6.45) is 1.32. The van der Waals surface area contributed by atoms with Gasteiger partial charge < -0.3 is 49.6 Å². The number of unbranched alkanes of at least 4 members (excludes halogenated alkanes) is 1. The molecule has 0 fully saturated rings. The number of aliphatic hydroxyl groups excluding tert-OH is 6. The van der Waals surface area contributed by atoms with Crippen molar-refractivity contribution in [2.24, 2.45) is 0 Å². The molecule has 0 aromatic carbocycles. The Morgan fingerprint density at radius 3 is 1.19 bits per heavy atom. The molecule has 10 heteroatoms. The summed E-state index contributed by atoms with van der Waals surface area (Å²) in [4.78, 5) is 0. The smallest absolute Gasteiger partial charge is 0.100 e. The van der Waals surface area contributed by atoms with Crippen LogP contribution in [-0.2, 0) is 18.9 Å². The highest BCUT2D eigenvalue weighted by atomic mass is 16.5. The normalized spacial score (nSPS) is 10.2. The Balaban J connectivity index is -0.000000369. The van der Waals surface area contributed by atoms with Crippen molar-refractivity contribution >= 4 is 0 Å². The van der Waals surface area contributed by atoms with Crippen LogP contribution in [0.5, 0.6) is 0 Å². The molecule has 27 heavy (non-hydrogen) atoms. The van der Waals surface area contributed by atoms with Gasteiger partial charge in [-0.15, -0.1) is 0 Å². The maximum absolute atomic E-state index is 8.40. The molecule has 10 nitrogen and oxygen atoms in total. The summed E-state index contributed by atoms with van der Waals surface area (Å²) in [6, 6.07) is 0. The number of rotatable bonds is 17. The van der Waals surface area contributed by atoms with Gasteiger partial charge in [0.1, 0.15) is 6.10 Å². The molecule has 0 heterocycles. The minimum Gasteiger partial charge on any atom is -0.394 e. The number of hydrogen-bond acceptors (Lipinski definition) is 10. The Hall–Kier alpha value is -0.400. The molecule has 0 aromatic heterocycles. The van der Waals surface area contributed by atoms with Crippen molar-refractivity contribution < 1.29 is 49.6 Å². The van der Waals surface area contributed by atoms with Crippen LogP contribution in [0.15, 0.2) is 0 Å². The third kappa shape index (κ3) is 41.2. The van der Waals surface area contributed by atoms with Crippen LogP contribution in [0.2, 0.25) is 0 Å². The van der Waals surface area contributed by atoms with Crippen molar-refractivity contribution in [2.75, 3.05) is 85.9 Å². The first-order valence-electron chi connectivity index (χ1n) is 9.17. The summed E-state index contributed by atoms with van der Waals surface area (Å²) in [5, 5.41) is 48.6. The van der Waals surface area contributed by atoms with Crippen LogP contribution in [0.3, 0.4) is 0 Å². The second-order valence-corrected chi connectivity index (χ2v) is 4.99. The fourth-order valence-electron chi connectivity index (χ4n) is 1.14. The molecular formula is C17H40O10. The van der Waals surface area contributed by atoms with Crippen LogP contribution in [0, 0.1) is 0 Å². The van der Waals surface area contributed by atoms with Crippen molar-refractivity contribution in [3.63, 3.8) is 0 Å². The molecule has 0 atom stereocenters. The molecule has 168 valence electrons. The fourth-order valence-corrected chi connectivity index (χ4v) is 1.14. The largest absolute Gasteiger partial charge is 0.394 e. The SMILES string of the molecule is CCCCOCCOCCOCCO.OCC(O)CO.OCCOCCO. The zero-order chi connectivity index (χ0) is 21.0. The van der Waals surface area contributed by atoms with E-state index >= 15 is 0 Å². The van der Waals surface area contributed by atoms with Crippen LogP contribution < -0.4 is 0 Å². The first kappa shape index (κ1) is 31.3. The fraction of sp³-hybridized carbons (Fsp3) is 1.00. The van der Waals surface area contributed by atoms with E-state index in [0.717, 1.165) is 19.4 Å². The molecule has 0 aliphatic carbocycles. The highest BCUT2D eigenvalue weighted by Gasteiger charge is 1.93. The van der Waals surface area contributed by atoms with Gasteiger partial charge in [-0.25, -0.2) is 0 Å². The summed E-state index contributed by atoms with van der Waals surface area (Å²) in [7, 11) is 0. The minimum atomic E-state index is -0.954. The van der Waals surface area contributed by atoms with Crippen LogP contribution in [0.1, 0.15) is 19.8 Å². The van der Waals surface area contributed by atoms with E-state index in [1.807, 2.05) is 0 Å². The lowest BCUT2D eigenvalue weighted by Gasteiger charge is -2.05. The van der Waals surface area contributed by atoms with Gasteiger partial charge in [-0.1, -0.05) is 13.3 Å². The first-order valence-corrected chi connectivity index (χ1v) is 9.17. The van der Waals surface area contributed by atoms with Crippen molar-refractivity contribution in [3.8, 4) is 0 Å². The van der Waals surface area contributed by atoms with E-state index in [1.54, 1.807) is 0 Å². The van der Waals surface area contributed by atoms with E-state index in [2.05, 4.69) is 11.7 Å². The topological polar surface area (TPSA) is 158 Å². The Morgan fingerprint density at radius 1 is 0.556 bits per heavy atom. The highest BCUT2D eigenvalue weighted by molar-refractivity contribution is 4.44. The number of ether oxygens (including phenoxy) is 4. The molecular weight excluding hydrogens is 364 g/mol. The molecule has 0 saturated heterocycles. The number of hydrogen-bond donors (Lipinski definition) is 6. The summed E-state index contributed by atoms with van der Waals surface area (Å²) in [6.45, 7) is 5.75. The lowest BCUT2D eigenvalue weighted by molar-refractivity contribution is 0.00735. The first-order chi connectivity index (χ1) is 13.1. The molecule has 0 aliphatic rings. The average Bonchev–Trinajstić information content (AvgIpc) is 2.70.